The number of hydrogen-bond donors (Lipinski definition) is 3. The van der Waals surface area contributed by atoms with E-state index < -0.39 is 11.9 Å². The molecule has 0 aliphatic heterocycles. The van der Waals surface area contributed by atoms with Crippen LogP contribution in [-0.2, 0) is 0 Å². The highest BCUT2D eigenvalue weighted by atomic mass is 35.5. The molecular formula is C15H13ClN2O3. The lowest BCUT2D eigenvalue weighted by Gasteiger charge is -2.11. The molecule has 108 valence electrons. The van der Waals surface area contributed by atoms with Crippen molar-refractivity contribution < 1.29 is 14.7 Å². The molecule has 0 atom stereocenters. The number of nitrogens with one attached hydrogen (secondary N) is 1. The van der Waals surface area contributed by atoms with Gasteiger partial charge in [-0.05, 0) is 37.3 Å². The van der Waals surface area contributed by atoms with Gasteiger partial charge < -0.3 is 16.2 Å². The fourth-order valence-electron chi connectivity index (χ4n) is 1.86. The number of aryl methyl sites for hydroxylation is 1. The molecule has 4 N–H and O–H groups in total. The summed E-state index contributed by atoms with van der Waals surface area (Å²) in [6.07, 6.45) is 0. The monoisotopic (exact) mass is 304 g/mol. The number of nitrogen functional groups attached to an aromatic ring is 1. The molecule has 2 aromatic rings. The van der Waals surface area contributed by atoms with Gasteiger partial charge >= 0.3 is 5.97 Å². The summed E-state index contributed by atoms with van der Waals surface area (Å²) in [6, 6.07) is 9.28. The lowest BCUT2D eigenvalue weighted by molar-refractivity contribution is 0.0698. The van der Waals surface area contributed by atoms with Crippen molar-refractivity contribution in [1.29, 1.82) is 0 Å². The molecule has 0 aromatic heterocycles. The van der Waals surface area contributed by atoms with Crippen molar-refractivity contribution in [3.63, 3.8) is 0 Å². The van der Waals surface area contributed by atoms with Gasteiger partial charge in [-0.25, -0.2) is 4.79 Å². The first kappa shape index (κ1) is 14.9. The van der Waals surface area contributed by atoms with E-state index in [9.17, 15) is 9.59 Å². The number of aromatic carboxylic acids is 1. The summed E-state index contributed by atoms with van der Waals surface area (Å²) in [6.45, 7) is 1.83. The third-order valence-corrected chi connectivity index (χ3v) is 3.15. The summed E-state index contributed by atoms with van der Waals surface area (Å²) < 4.78 is 0. The zero-order chi connectivity index (χ0) is 15.6. The second-order valence-corrected chi connectivity index (χ2v) is 4.98. The SMILES string of the molecule is Cc1ccc(N)c(C(=O)Nc2ccc(Cl)cc2C(=O)O)c1. The van der Waals surface area contributed by atoms with Crippen LogP contribution in [0.1, 0.15) is 26.3 Å². The summed E-state index contributed by atoms with van der Waals surface area (Å²) in [5, 5.41) is 12.0. The van der Waals surface area contributed by atoms with E-state index in [1.54, 1.807) is 18.2 Å². The molecule has 0 saturated heterocycles. The van der Waals surface area contributed by atoms with Gasteiger partial charge in [-0.1, -0.05) is 23.2 Å². The predicted molar refractivity (Wildman–Crippen MR) is 82.0 cm³/mol. The van der Waals surface area contributed by atoms with E-state index in [1.165, 1.54) is 18.2 Å². The van der Waals surface area contributed by atoms with E-state index in [2.05, 4.69) is 5.32 Å². The highest BCUT2D eigenvalue weighted by molar-refractivity contribution is 6.31. The van der Waals surface area contributed by atoms with Crippen molar-refractivity contribution >= 4 is 34.9 Å². The van der Waals surface area contributed by atoms with Crippen molar-refractivity contribution in [3.05, 3.63) is 58.1 Å². The smallest absolute Gasteiger partial charge is 0.337 e. The van der Waals surface area contributed by atoms with Crippen LogP contribution in [0.3, 0.4) is 0 Å². The number of carbonyl (C=O) groups excluding carboxylic acids is 1. The Balaban J connectivity index is 2.36. The first-order valence-corrected chi connectivity index (χ1v) is 6.46. The topological polar surface area (TPSA) is 92.4 Å². The van der Waals surface area contributed by atoms with Gasteiger partial charge in [0.25, 0.3) is 5.91 Å². The summed E-state index contributed by atoms with van der Waals surface area (Å²) in [5.74, 6) is -1.65. The Morgan fingerprint density at radius 1 is 1.14 bits per heavy atom. The minimum atomic E-state index is -1.18. The standard InChI is InChI=1S/C15H13ClN2O3/c1-8-2-4-12(17)10(6-8)14(19)18-13-5-3-9(16)7-11(13)15(20)21/h2-7H,17H2,1H3,(H,18,19)(H,20,21). The molecule has 0 aliphatic carbocycles. The average molecular weight is 305 g/mol. The average Bonchev–Trinajstić information content (AvgIpc) is 2.43. The van der Waals surface area contributed by atoms with Gasteiger partial charge in [-0.2, -0.15) is 0 Å². The molecule has 0 spiro atoms. The number of carboxylic acid groups (broad SMARTS) is 1. The molecule has 0 saturated carbocycles. The zero-order valence-corrected chi connectivity index (χ0v) is 11.9. The maximum atomic E-state index is 12.2. The third kappa shape index (κ3) is 3.32. The summed E-state index contributed by atoms with van der Waals surface area (Å²) in [7, 11) is 0. The van der Waals surface area contributed by atoms with Gasteiger partial charge in [-0.15, -0.1) is 0 Å². The van der Waals surface area contributed by atoms with Gasteiger partial charge in [0.15, 0.2) is 0 Å². The Hall–Kier alpha value is -2.53. The Bertz CT molecular complexity index is 729. The molecule has 2 aromatic carbocycles. The number of anilines is 2. The highest BCUT2D eigenvalue weighted by Crippen LogP contribution is 2.22. The molecule has 1 amide bonds. The lowest BCUT2D eigenvalue weighted by Crippen LogP contribution is -2.16. The van der Waals surface area contributed by atoms with E-state index in [0.717, 1.165) is 5.56 Å². The molecular weight excluding hydrogens is 292 g/mol. The van der Waals surface area contributed by atoms with Crippen LogP contribution in [0, 0.1) is 6.92 Å². The molecule has 21 heavy (non-hydrogen) atoms. The fraction of sp³-hybridized carbons (Fsp3) is 0.0667. The van der Waals surface area contributed by atoms with Crippen LogP contribution in [-0.4, -0.2) is 17.0 Å². The number of benzene rings is 2. The number of hydrogen-bond acceptors (Lipinski definition) is 3. The van der Waals surface area contributed by atoms with Crippen molar-refractivity contribution in [3.8, 4) is 0 Å². The minimum absolute atomic E-state index is 0.0814. The first-order chi connectivity index (χ1) is 9.88. The van der Waals surface area contributed by atoms with E-state index in [4.69, 9.17) is 22.4 Å². The quantitative estimate of drug-likeness (QED) is 0.759. The Morgan fingerprint density at radius 2 is 1.86 bits per heavy atom. The maximum absolute atomic E-state index is 12.2. The lowest BCUT2D eigenvalue weighted by atomic mass is 10.1. The van der Waals surface area contributed by atoms with Crippen LogP contribution < -0.4 is 11.1 Å². The van der Waals surface area contributed by atoms with E-state index in [-0.39, 0.29) is 16.3 Å². The molecule has 6 heteroatoms. The molecule has 0 aliphatic rings. The Kier molecular flexibility index (Phi) is 4.14. The van der Waals surface area contributed by atoms with Crippen LogP contribution >= 0.6 is 11.6 Å². The predicted octanol–water partition coefficient (Wildman–Crippen LogP) is 3.18. The van der Waals surface area contributed by atoms with Crippen molar-refractivity contribution in [2.24, 2.45) is 0 Å². The molecule has 0 unspecified atom stereocenters. The number of carboxylic acids is 1. The van der Waals surface area contributed by atoms with Crippen LogP contribution in [0.15, 0.2) is 36.4 Å². The van der Waals surface area contributed by atoms with Crippen LogP contribution in [0.25, 0.3) is 0 Å². The highest BCUT2D eigenvalue weighted by Gasteiger charge is 2.15. The summed E-state index contributed by atoms with van der Waals surface area (Å²) >= 11 is 5.76. The third-order valence-electron chi connectivity index (χ3n) is 2.91. The number of halogens is 1. The zero-order valence-electron chi connectivity index (χ0n) is 11.2. The van der Waals surface area contributed by atoms with E-state index in [0.29, 0.717) is 11.3 Å². The normalized spacial score (nSPS) is 10.2. The maximum Gasteiger partial charge on any atom is 0.337 e. The van der Waals surface area contributed by atoms with E-state index in [1.807, 2.05) is 6.92 Å². The summed E-state index contributed by atoms with van der Waals surface area (Å²) in [4.78, 5) is 23.4. The van der Waals surface area contributed by atoms with Crippen molar-refractivity contribution in [2.75, 3.05) is 11.1 Å². The van der Waals surface area contributed by atoms with Crippen LogP contribution in [0.2, 0.25) is 5.02 Å². The van der Waals surface area contributed by atoms with Crippen molar-refractivity contribution in [2.45, 2.75) is 6.92 Å². The number of rotatable bonds is 3. The molecule has 5 nitrogen and oxygen atoms in total. The number of amides is 1. The molecule has 0 heterocycles. The van der Waals surface area contributed by atoms with Gasteiger partial charge in [0, 0.05) is 10.7 Å². The van der Waals surface area contributed by atoms with Crippen molar-refractivity contribution in [1.82, 2.24) is 0 Å². The number of carbonyl (C=O) groups is 2. The molecule has 2 rings (SSSR count). The Morgan fingerprint density at radius 3 is 2.52 bits per heavy atom. The summed E-state index contributed by atoms with van der Waals surface area (Å²) in [5.41, 5.74) is 7.35. The molecule has 0 radical (unpaired) electrons. The second kappa shape index (κ2) is 5.85. The van der Waals surface area contributed by atoms with Gasteiger partial charge in [0.05, 0.1) is 16.8 Å². The first-order valence-electron chi connectivity index (χ1n) is 6.09. The fourth-order valence-corrected chi connectivity index (χ4v) is 2.03. The largest absolute Gasteiger partial charge is 0.478 e. The van der Waals surface area contributed by atoms with Crippen LogP contribution in [0.4, 0.5) is 11.4 Å². The molecule has 0 fully saturated rings. The van der Waals surface area contributed by atoms with Gasteiger partial charge in [0.1, 0.15) is 0 Å². The minimum Gasteiger partial charge on any atom is -0.478 e. The van der Waals surface area contributed by atoms with Gasteiger partial charge in [-0.3, -0.25) is 4.79 Å². The Labute approximate surface area is 126 Å². The van der Waals surface area contributed by atoms with Crippen LogP contribution in [0.5, 0.6) is 0 Å². The van der Waals surface area contributed by atoms with Gasteiger partial charge in [0.2, 0.25) is 0 Å². The molecule has 0 bridgehead atoms. The number of nitrogens with two attached hydrogens (primary N) is 1. The van der Waals surface area contributed by atoms with E-state index >= 15 is 0 Å². The second-order valence-electron chi connectivity index (χ2n) is 4.54.